The fourth-order valence-corrected chi connectivity index (χ4v) is 5.37. The number of ether oxygens (including phenoxy) is 3. The lowest BCUT2D eigenvalue weighted by atomic mass is 9.88. The number of fused-ring (bicyclic) bond motifs is 1. The van der Waals surface area contributed by atoms with Crippen LogP contribution < -0.4 is 14.4 Å². The number of methoxy groups -OCH3 is 3. The first-order valence-electron chi connectivity index (χ1n) is 13.3. The van der Waals surface area contributed by atoms with Crippen molar-refractivity contribution in [2.75, 3.05) is 32.8 Å². The van der Waals surface area contributed by atoms with E-state index in [2.05, 4.69) is 18.7 Å². The number of hydrogen-bond donors (Lipinski definition) is 0. The molecule has 3 rings (SSSR count). The van der Waals surface area contributed by atoms with E-state index < -0.39 is 42.2 Å². The van der Waals surface area contributed by atoms with Crippen molar-refractivity contribution in [3.63, 3.8) is 0 Å². The van der Waals surface area contributed by atoms with Crippen LogP contribution in [0.15, 0.2) is 30.3 Å². The standard InChI is InChI=1S/C29H36F6N2O4/c1-7-18(8-2)15-36-17(3)23(11-20-12-25(39-4)26(40-5)14-24(20)36)37(27(38)41-6)16-19-9-21(28(30,31)32)13-22(10-19)29(33,34)35/h9-10,12-14,17-18,23H,7-8,11,15-16H2,1-6H3/t17-,23?/m1/s1. The van der Waals surface area contributed by atoms with Crippen LogP contribution in [0.1, 0.15) is 55.9 Å². The van der Waals surface area contributed by atoms with Crippen molar-refractivity contribution in [3.05, 3.63) is 52.6 Å². The third-order valence-corrected chi connectivity index (χ3v) is 7.79. The third kappa shape index (κ3) is 7.13. The second kappa shape index (κ2) is 12.7. The summed E-state index contributed by atoms with van der Waals surface area (Å²) in [6, 6.07) is 3.98. The Morgan fingerprint density at radius 1 is 0.927 bits per heavy atom. The minimum atomic E-state index is -5.01. The highest BCUT2D eigenvalue weighted by Crippen LogP contribution is 2.42. The maximum atomic E-state index is 13.6. The van der Waals surface area contributed by atoms with Gasteiger partial charge in [0.05, 0.1) is 38.5 Å². The highest BCUT2D eigenvalue weighted by atomic mass is 19.4. The molecule has 1 aliphatic heterocycles. The van der Waals surface area contributed by atoms with Crippen LogP contribution in [0.5, 0.6) is 11.5 Å². The quantitative estimate of drug-likeness (QED) is 0.282. The van der Waals surface area contributed by atoms with Crippen molar-refractivity contribution in [1.29, 1.82) is 0 Å². The first-order valence-corrected chi connectivity index (χ1v) is 13.3. The molecule has 2 aromatic rings. The van der Waals surface area contributed by atoms with Crippen LogP contribution in [0.4, 0.5) is 36.8 Å². The van der Waals surface area contributed by atoms with Gasteiger partial charge in [0.15, 0.2) is 11.5 Å². The first-order chi connectivity index (χ1) is 19.2. The predicted molar refractivity (Wildman–Crippen MR) is 142 cm³/mol. The number of halogens is 6. The maximum absolute atomic E-state index is 13.6. The van der Waals surface area contributed by atoms with Crippen molar-refractivity contribution in [2.45, 2.75) is 71.0 Å². The Morgan fingerprint density at radius 2 is 1.46 bits per heavy atom. The molecule has 0 fully saturated rings. The Kier molecular flexibility index (Phi) is 9.97. The molecular weight excluding hydrogens is 554 g/mol. The molecule has 0 bridgehead atoms. The summed E-state index contributed by atoms with van der Waals surface area (Å²) in [5.74, 6) is 1.26. The summed E-state index contributed by atoms with van der Waals surface area (Å²) in [5, 5.41) is 0. The number of carbonyl (C=O) groups excluding carboxylic acids is 1. The van der Waals surface area contributed by atoms with Gasteiger partial charge in [0.25, 0.3) is 0 Å². The first kappa shape index (κ1) is 32.2. The zero-order valence-electron chi connectivity index (χ0n) is 23.9. The lowest BCUT2D eigenvalue weighted by Gasteiger charge is -2.47. The summed E-state index contributed by atoms with van der Waals surface area (Å²) >= 11 is 0. The Morgan fingerprint density at radius 3 is 1.93 bits per heavy atom. The molecule has 12 heteroatoms. The van der Waals surface area contributed by atoms with Gasteiger partial charge in [-0.1, -0.05) is 26.7 Å². The van der Waals surface area contributed by atoms with E-state index in [0.717, 1.165) is 31.2 Å². The molecule has 41 heavy (non-hydrogen) atoms. The molecule has 0 aromatic heterocycles. The van der Waals surface area contributed by atoms with E-state index in [9.17, 15) is 31.1 Å². The van der Waals surface area contributed by atoms with E-state index in [4.69, 9.17) is 14.2 Å². The van der Waals surface area contributed by atoms with Crippen molar-refractivity contribution in [1.82, 2.24) is 4.90 Å². The summed E-state index contributed by atoms with van der Waals surface area (Å²) in [4.78, 5) is 16.4. The van der Waals surface area contributed by atoms with Crippen molar-refractivity contribution < 1.29 is 45.3 Å². The third-order valence-electron chi connectivity index (χ3n) is 7.79. The molecule has 0 saturated heterocycles. The van der Waals surface area contributed by atoms with Crippen LogP contribution in [0.3, 0.4) is 0 Å². The van der Waals surface area contributed by atoms with Crippen LogP contribution in [0.25, 0.3) is 0 Å². The van der Waals surface area contributed by atoms with Gasteiger partial charge < -0.3 is 19.1 Å². The topological polar surface area (TPSA) is 51.2 Å². The summed E-state index contributed by atoms with van der Waals surface area (Å²) in [7, 11) is 4.13. The van der Waals surface area contributed by atoms with Crippen molar-refractivity contribution >= 4 is 11.8 Å². The molecule has 0 N–H and O–H groups in total. The van der Waals surface area contributed by atoms with Gasteiger partial charge in [-0.2, -0.15) is 26.3 Å². The molecule has 1 amide bonds. The van der Waals surface area contributed by atoms with Crippen molar-refractivity contribution in [3.8, 4) is 11.5 Å². The second-order valence-corrected chi connectivity index (χ2v) is 10.2. The molecule has 0 radical (unpaired) electrons. The predicted octanol–water partition coefficient (Wildman–Crippen LogP) is 7.57. The van der Waals surface area contributed by atoms with Crippen LogP contribution in [-0.2, 0) is 30.1 Å². The van der Waals surface area contributed by atoms with Crippen LogP contribution >= 0.6 is 0 Å². The molecule has 0 aliphatic carbocycles. The zero-order valence-corrected chi connectivity index (χ0v) is 23.9. The lowest BCUT2D eigenvalue weighted by Crippen LogP contribution is -2.57. The summed E-state index contributed by atoms with van der Waals surface area (Å²) in [6.07, 6.45) is -8.85. The van der Waals surface area contributed by atoms with Crippen molar-refractivity contribution in [2.24, 2.45) is 5.92 Å². The van der Waals surface area contributed by atoms with Gasteiger partial charge in [-0.3, -0.25) is 4.90 Å². The fraction of sp³-hybridized carbons (Fsp3) is 0.552. The van der Waals surface area contributed by atoms with E-state index in [1.54, 1.807) is 6.07 Å². The number of rotatable bonds is 9. The molecule has 6 nitrogen and oxygen atoms in total. The van der Waals surface area contributed by atoms with E-state index in [0.29, 0.717) is 36.1 Å². The lowest BCUT2D eigenvalue weighted by molar-refractivity contribution is -0.143. The van der Waals surface area contributed by atoms with Gasteiger partial charge in [0.1, 0.15) is 0 Å². The molecule has 228 valence electrons. The van der Waals surface area contributed by atoms with E-state index in [1.165, 1.54) is 19.1 Å². The largest absolute Gasteiger partial charge is 0.493 e. The minimum absolute atomic E-state index is 0.0719. The number of carbonyl (C=O) groups is 1. The van der Waals surface area contributed by atoms with Crippen LogP contribution in [-0.4, -0.2) is 51.0 Å². The summed E-state index contributed by atoms with van der Waals surface area (Å²) in [5.41, 5.74) is -1.54. The number of amides is 1. The van der Waals surface area contributed by atoms with E-state index in [-0.39, 0.29) is 24.1 Å². The second-order valence-electron chi connectivity index (χ2n) is 10.2. The molecular formula is C29H36F6N2O4. The smallest absolute Gasteiger partial charge is 0.416 e. The molecule has 1 aliphatic rings. The molecule has 2 atom stereocenters. The summed E-state index contributed by atoms with van der Waals surface area (Å²) in [6.45, 7) is 6.13. The highest BCUT2D eigenvalue weighted by molar-refractivity contribution is 5.70. The Balaban J connectivity index is 2.14. The number of benzene rings is 2. The minimum Gasteiger partial charge on any atom is -0.493 e. The number of anilines is 1. The Bertz CT molecular complexity index is 1180. The maximum Gasteiger partial charge on any atom is 0.416 e. The summed E-state index contributed by atoms with van der Waals surface area (Å²) < 4.78 is 97.3. The fourth-order valence-electron chi connectivity index (χ4n) is 5.37. The van der Waals surface area contributed by atoms with Crippen LogP contribution in [0, 0.1) is 5.92 Å². The normalized spacial score (nSPS) is 17.3. The average Bonchev–Trinajstić information content (AvgIpc) is 2.93. The molecule has 2 aromatic carbocycles. The van der Waals surface area contributed by atoms with Gasteiger partial charge in [-0.05, 0) is 54.7 Å². The van der Waals surface area contributed by atoms with Gasteiger partial charge in [-0.25, -0.2) is 4.79 Å². The van der Waals surface area contributed by atoms with E-state index in [1.807, 2.05) is 13.0 Å². The number of hydrogen-bond acceptors (Lipinski definition) is 5. The van der Waals surface area contributed by atoms with Gasteiger partial charge in [0.2, 0.25) is 0 Å². The highest BCUT2D eigenvalue weighted by Gasteiger charge is 2.41. The molecule has 0 saturated carbocycles. The number of nitrogens with zero attached hydrogens (tertiary/aromatic N) is 2. The number of alkyl halides is 6. The average molecular weight is 591 g/mol. The van der Waals surface area contributed by atoms with E-state index >= 15 is 0 Å². The molecule has 1 heterocycles. The SMILES string of the molecule is CCC(CC)CN1c2cc(OC)c(OC)cc2CC(N(Cc2cc(C(F)(F)F)cc(C(F)(F)F)c2)C(=O)OC)[C@H]1C. The Labute approximate surface area is 236 Å². The van der Waals surface area contributed by atoms with Gasteiger partial charge in [-0.15, -0.1) is 0 Å². The van der Waals surface area contributed by atoms with Crippen LogP contribution in [0.2, 0.25) is 0 Å². The van der Waals surface area contributed by atoms with Gasteiger partial charge in [0, 0.05) is 30.9 Å². The zero-order chi connectivity index (χ0) is 30.7. The molecule has 0 spiro atoms. The Hall–Kier alpha value is -3.31. The molecule has 1 unspecified atom stereocenters. The van der Waals surface area contributed by atoms with Gasteiger partial charge >= 0.3 is 18.4 Å². The monoisotopic (exact) mass is 590 g/mol.